The summed E-state index contributed by atoms with van der Waals surface area (Å²) in [6, 6.07) is 4.75. The van der Waals surface area contributed by atoms with Gasteiger partial charge in [0.2, 0.25) is 5.75 Å². The van der Waals surface area contributed by atoms with Gasteiger partial charge in [-0.25, -0.2) is 0 Å². The molecule has 0 spiro atoms. The lowest BCUT2D eigenvalue weighted by Crippen LogP contribution is -2.20. The second-order valence-corrected chi connectivity index (χ2v) is 5.07. The fourth-order valence-corrected chi connectivity index (χ4v) is 2.53. The van der Waals surface area contributed by atoms with Crippen LogP contribution in [0.25, 0.3) is 0 Å². The van der Waals surface area contributed by atoms with Crippen molar-refractivity contribution >= 4 is 28.3 Å². The Hall–Kier alpha value is -1.40. The first-order valence-electron chi connectivity index (χ1n) is 5.37. The molecule has 1 aromatic rings. The van der Waals surface area contributed by atoms with Crippen molar-refractivity contribution in [1.82, 2.24) is 5.32 Å². The quantitative estimate of drug-likeness (QED) is 0.505. The molecule has 1 aromatic carbocycles. The lowest BCUT2D eigenvalue weighted by molar-refractivity contribution is -0.386. The molecule has 1 aliphatic heterocycles. The van der Waals surface area contributed by atoms with E-state index in [1.54, 1.807) is 6.07 Å². The molecule has 1 heterocycles. The number of nitrogens with zero attached hydrogens (tertiary/aromatic N) is 2. The fourth-order valence-electron chi connectivity index (χ4n) is 1.79. The van der Waals surface area contributed by atoms with Gasteiger partial charge in [-0.2, -0.15) is 5.26 Å². The minimum atomic E-state index is -0.513. The Kier molecular flexibility index (Phi) is 3.98. The molecular formula is C11H10IN3O3. The third-order valence-corrected chi connectivity index (χ3v) is 3.45. The average Bonchev–Trinajstić information content (AvgIpc) is 2.83. The number of benzene rings is 1. The van der Waals surface area contributed by atoms with Crippen molar-refractivity contribution in [2.75, 3.05) is 13.1 Å². The molecule has 0 aromatic heterocycles. The maximum Gasteiger partial charge on any atom is 0.313 e. The third kappa shape index (κ3) is 2.70. The number of nitrogens with one attached hydrogen (secondary N) is 1. The van der Waals surface area contributed by atoms with Crippen molar-refractivity contribution in [2.24, 2.45) is 0 Å². The summed E-state index contributed by atoms with van der Waals surface area (Å²) in [6.45, 7) is 1.54. The SMILES string of the molecule is N#Cc1cc(I)c(OC2CCNC2)c([N+](=O)[O-])c1. The van der Waals surface area contributed by atoms with Crippen molar-refractivity contribution in [3.63, 3.8) is 0 Å². The summed E-state index contributed by atoms with van der Waals surface area (Å²) in [5.41, 5.74) is 0.119. The molecule has 0 saturated carbocycles. The van der Waals surface area contributed by atoms with Crippen LogP contribution in [0.1, 0.15) is 12.0 Å². The Balaban J connectivity index is 2.38. The predicted octanol–water partition coefficient (Wildman–Crippen LogP) is 1.81. The van der Waals surface area contributed by atoms with Crippen LogP contribution in [0.3, 0.4) is 0 Å². The van der Waals surface area contributed by atoms with Crippen LogP contribution in [-0.4, -0.2) is 24.1 Å². The van der Waals surface area contributed by atoms with E-state index >= 15 is 0 Å². The summed E-state index contributed by atoms with van der Waals surface area (Å²) in [5, 5.41) is 23.0. The molecule has 0 amide bonds. The predicted molar refractivity (Wildman–Crippen MR) is 72.4 cm³/mol. The van der Waals surface area contributed by atoms with E-state index in [2.05, 4.69) is 5.32 Å². The molecule has 0 bridgehead atoms. The minimum Gasteiger partial charge on any atom is -0.481 e. The number of nitro benzene ring substituents is 1. The summed E-state index contributed by atoms with van der Waals surface area (Å²) in [7, 11) is 0. The van der Waals surface area contributed by atoms with Gasteiger partial charge in [0.05, 0.1) is 20.1 Å². The van der Waals surface area contributed by atoms with E-state index < -0.39 is 4.92 Å². The Morgan fingerprint density at radius 1 is 1.61 bits per heavy atom. The molecule has 1 aliphatic rings. The standard InChI is InChI=1S/C11H10IN3O3/c12-9-3-7(5-13)4-10(15(16)17)11(9)18-8-1-2-14-6-8/h3-4,8,14H,1-2,6H2. The topological polar surface area (TPSA) is 88.2 Å². The second-order valence-electron chi connectivity index (χ2n) is 3.91. The monoisotopic (exact) mass is 359 g/mol. The molecular weight excluding hydrogens is 349 g/mol. The van der Waals surface area contributed by atoms with Crippen molar-refractivity contribution in [3.05, 3.63) is 31.4 Å². The van der Waals surface area contributed by atoms with Gasteiger partial charge < -0.3 is 10.1 Å². The second kappa shape index (κ2) is 5.49. The zero-order valence-electron chi connectivity index (χ0n) is 9.35. The first-order chi connectivity index (χ1) is 8.61. The van der Waals surface area contributed by atoms with Gasteiger partial charge >= 0.3 is 5.69 Å². The van der Waals surface area contributed by atoms with Gasteiger partial charge in [0.15, 0.2) is 0 Å². The van der Waals surface area contributed by atoms with Gasteiger partial charge in [0, 0.05) is 12.6 Å². The van der Waals surface area contributed by atoms with E-state index in [1.807, 2.05) is 28.7 Å². The number of ether oxygens (including phenoxy) is 1. The molecule has 6 nitrogen and oxygen atoms in total. The zero-order chi connectivity index (χ0) is 13.1. The lowest BCUT2D eigenvalue weighted by Gasteiger charge is -2.14. The molecule has 7 heteroatoms. The summed E-state index contributed by atoms with van der Waals surface area (Å²) in [4.78, 5) is 10.5. The maximum absolute atomic E-state index is 11.0. The van der Waals surface area contributed by atoms with Crippen LogP contribution < -0.4 is 10.1 Å². The zero-order valence-corrected chi connectivity index (χ0v) is 11.5. The van der Waals surface area contributed by atoms with E-state index in [4.69, 9.17) is 10.00 Å². The van der Waals surface area contributed by atoms with Gasteiger partial charge in [0.1, 0.15) is 6.10 Å². The minimum absolute atomic E-state index is 0.0508. The van der Waals surface area contributed by atoms with Crippen LogP contribution in [0.2, 0.25) is 0 Å². The molecule has 18 heavy (non-hydrogen) atoms. The molecule has 1 saturated heterocycles. The Labute approximate surface area is 117 Å². The van der Waals surface area contributed by atoms with Crippen molar-refractivity contribution in [3.8, 4) is 11.8 Å². The maximum atomic E-state index is 11.0. The largest absolute Gasteiger partial charge is 0.481 e. The highest BCUT2D eigenvalue weighted by Gasteiger charge is 2.25. The van der Waals surface area contributed by atoms with Crippen LogP contribution in [0.5, 0.6) is 5.75 Å². The molecule has 94 valence electrons. The van der Waals surface area contributed by atoms with Crippen molar-refractivity contribution in [1.29, 1.82) is 5.26 Å². The number of halogens is 1. The molecule has 0 radical (unpaired) electrons. The Bertz CT molecular complexity index is 521. The van der Waals surface area contributed by atoms with Crippen LogP contribution in [0.15, 0.2) is 12.1 Å². The van der Waals surface area contributed by atoms with Crippen LogP contribution >= 0.6 is 22.6 Å². The van der Waals surface area contributed by atoms with Gasteiger partial charge in [-0.15, -0.1) is 0 Å². The van der Waals surface area contributed by atoms with Gasteiger partial charge in [-0.05, 0) is 41.6 Å². The van der Waals surface area contributed by atoms with Crippen LogP contribution in [0, 0.1) is 25.0 Å². The smallest absolute Gasteiger partial charge is 0.313 e. The normalized spacial score (nSPS) is 18.3. The number of hydrogen-bond donors (Lipinski definition) is 1. The molecule has 1 N–H and O–H groups in total. The number of hydrogen-bond acceptors (Lipinski definition) is 5. The number of nitro groups is 1. The van der Waals surface area contributed by atoms with Gasteiger partial charge in [-0.3, -0.25) is 10.1 Å². The van der Waals surface area contributed by atoms with Gasteiger partial charge in [-0.1, -0.05) is 0 Å². The molecule has 1 atom stereocenters. The first kappa shape index (κ1) is 13.0. The van der Waals surface area contributed by atoms with Gasteiger partial charge in [0.25, 0.3) is 0 Å². The highest BCUT2D eigenvalue weighted by molar-refractivity contribution is 14.1. The van der Waals surface area contributed by atoms with E-state index in [0.29, 0.717) is 10.1 Å². The highest BCUT2D eigenvalue weighted by Crippen LogP contribution is 2.34. The summed E-state index contributed by atoms with van der Waals surface area (Å²) < 4.78 is 6.27. The molecule has 0 aliphatic carbocycles. The third-order valence-electron chi connectivity index (χ3n) is 2.65. The van der Waals surface area contributed by atoms with E-state index in [1.165, 1.54) is 6.07 Å². The summed E-state index contributed by atoms with van der Waals surface area (Å²) >= 11 is 1.95. The van der Waals surface area contributed by atoms with Crippen LogP contribution in [-0.2, 0) is 0 Å². The number of nitriles is 1. The average molecular weight is 359 g/mol. The fraction of sp³-hybridized carbons (Fsp3) is 0.364. The van der Waals surface area contributed by atoms with Crippen molar-refractivity contribution < 1.29 is 9.66 Å². The first-order valence-corrected chi connectivity index (χ1v) is 6.45. The van der Waals surface area contributed by atoms with E-state index in [9.17, 15) is 10.1 Å². The van der Waals surface area contributed by atoms with E-state index in [0.717, 1.165) is 13.0 Å². The Morgan fingerprint density at radius 2 is 2.39 bits per heavy atom. The molecule has 1 unspecified atom stereocenters. The molecule has 2 rings (SSSR count). The molecule has 1 fully saturated rings. The number of rotatable bonds is 3. The van der Waals surface area contributed by atoms with Crippen molar-refractivity contribution in [2.45, 2.75) is 12.5 Å². The highest BCUT2D eigenvalue weighted by atomic mass is 127. The Morgan fingerprint density at radius 3 is 2.94 bits per heavy atom. The lowest BCUT2D eigenvalue weighted by atomic mass is 10.2. The van der Waals surface area contributed by atoms with E-state index in [-0.39, 0.29) is 23.1 Å². The summed E-state index contributed by atoms with van der Waals surface area (Å²) in [6.07, 6.45) is 0.776. The summed E-state index contributed by atoms with van der Waals surface area (Å²) in [5.74, 6) is 0.258. The van der Waals surface area contributed by atoms with Crippen LogP contribution in [0.4, 0.5) is 5.69 Å².